The van der Waals surface area contributed by atoms with Crippen LogP contribution >= 0.6 is 23.2 Å². The zero-order valence-electron chi connectivity index (χ0n) is 9.32. The maximum Gasteiger partial charge on any atom is 0.160 e. The topological polar surface area (TPSA) is 17.1 Å². The van der Waals surface area contributed by atoms with Gasteiger partial charge in [-0.2, -0.15) is 0 Å². The largest absolute Gasteiger partial charge is 0.294 e. The van der Waals surface area contributed by atoms with E-state index in [-0.39, 0.29) is 11.2 Å². The quantitative estimate of drug-likeness (QED) is 0.666. The summed E-state index contributed by atoms with van der Waals surface area (Å²) in [7, 11) is 0. The smallest absolute Gasteiger partial charge is 0.160 e. The molecule has 82 valence electrons. The third kappa shape index (κ3) is 2.73. The minimum Gasteiger partial charge on any atom is -0.294 e. The molecule has 1 aromatic carbocycles. The van der Waals surface area contributed by atoms with Gasteiger partial charge in [0, 0.05) is 15.6 Å². The van der Waals surface area contributed by atoms with E-state index in [0.29, 0.717) is 15.6 Å². The molecule has 1 nitrogen and oxygen atoms in total. The summed E-state index contributed by atoms with van der Waals surface area (Å²) in [5.74, 6) is -0.00988. The van der Waals surface area contributed by atoms with E-state index in [2.05, 4.69) is 0 Å². The van der Waals surface area contributed by atoms with Gasteiger partial charge in [-0.15, -0.1) is 0 Å². The van der Waals surface area contributed by atoms with E-state index in [1.165, 1.54) is 6.92 Å². The van der Waals surface area contributed by atoms with Crippen LogP contribution in [0.25, 0.3) is 0 Å². The predicted octanol–water partition coefficient (Wildman–Crippen LogP) is 4.49. The average molecular weight is 245 g/mol. The number of ketones is 1. The van der Waals surface area contributed by atoms with Gasteiger partial charge in [0.05, 0.1) is 0 Å². The van der Waals surface area contributed by atoms with Crippen LogP contribution in [0.5, 0.6) is 0 Å². The molecule has 0 aliphatic heterocycles. The van der Waals surface area contributed by atoms with Crippen molar-refractivity contribution in [1.82, 2.24) is 0 Å². The number of hydrogen-bond acceptors (Lipinski definition) is 1. The second-order valence-corrected chi connectivity index (χ2v) is 5.46. The van der Waals surface area contributed by atoms with Crippen molar-refractivity contribution in [2.75, 3.05) is 0 Å². The normalized spacial score (nSPS) is 11.6. The van der Waals surface area contributed by atoms with E-state index in [9.17, 15) is 4.79 Å². The molecule has 1 rings (SSSR count). The molecule has 3 heteroatoms. The molecule has 0 spiro atoms. The van der Waals surface area contributed by atoms with Gasteiger partial charge in [-0.3, -0.25) is 4.79 Å². The highest BCUT2D eigenvalue weighted by Crippen LogP contribution is 2.35. The number of carbonyl (C=O) groups excluding carboxylic acids is 1. The van der Waals surface area contributed by atoms with E-state index in [4.69, 9.17) is 23.2 Å². The van der Waals surface area contributed by atoms with Crippen molar-refractivity contribution in [1.29, 1.82) is 0 Å². The summed E-state index contributed by atoms with van der Waals surface area (Å²) in [5, 5.41) is 1.05. The summed E-state index contributed by atoms with van der Waals surface area (Å²) in [4.78, 5) is 11.5. The highest BCUT2D eigenvalue weighted by atomic mass is 35.5. The molecule has 0 fully saturated rings. The predicted molar refractivity (Wildman–Crippen MR) is 65.2 cm³/mol. The Balaban J connectivity index is 3.55. The molecule has 15 heavy (non-hydrogen) atoms. The Hall–Kier alpha value is -0.530. The van der Waals surface area contributed by atoms with Crippen LogP contribution in [0.2, 0.25) is 10.0 Å². The Kier molecular flexibility index (Phi) is 3.47. The fourth-order valence-electron chi connectivity index (χ4n) is 1.61. The van der Waals surface area contributed by atoms with Gasteiger partial charge < -0.3 is 0 Å². The molecule has 0 unspecified atom stereocenters. The lowest BCUT2D eigenvalue weighted by molar-refractivity contribution is 0.101. The lowest BCUT2D eigenvalue weighted by atomic mass is 9.83. The van der Waals surface area contributed by atoms with Crippen molar-refractivity contribution < 1.29 is 4.79 Å². The van der Waals surface area contributed by atoms with Crippen molar-refractivity contribution in [3.63, 3.8) is 0 Å². The number of rotatable bonds is 1. The van der Waals surface area contributed by atoms with Gasteiger partial charge in [-0.1, -0.05) is 44.0 Å². The molecule has 0 bridgehead atoms. The molecule has 0 heterocycles. The first kappa shape index (κ1) is 12.5. The minimum atomic E-state index is -0.164. The molecule has 0 saturated carbocycles. The molecule has 0 radical (unpaired) electrons. The van der Waals surface area contributed by atoms with E-state index in [0.717, 1.165) is 5.56 Å². The zero-order chi connectivity index (χ0) is 11.8. The highest BCUT2D eigenvalue weighted by Gasteiger charge is 2.23. The Bertz CT molecular complexity index is 403. The number of carbonyl (C=O) groups is 1. The van der Waals surface area contributed by atoms with Crippen molar-refractivity contribution in [2.24, 2.45) is 0 Å². The van der Waals surface area contributed by atoms with Crippen LogP contribution in [0.3, 0.4) is 0 Å². The summed E-state index contributed by atoms with van der Waals surface area (Å²) < 4.78 is 0. The Labute approximate surface area is 100 Å². The van der Waals surface area contributed by atoms with Crippen molar-refractivity contribution in [3.05, 3.63) is 33.3 Å². The maximum atomic E-state index is 11.5. The second-order valence-electron chi connectivity index (χ2n) is 4.62. The molecule has 0 saturated heterocycles. The third-order valence-electron chi connectivity index (χ3n) is 2.18. The lowest BCUT2D eigenvalue weighted by Crippen LogP contribution is -2.16. The number of halogens is 2. The van der Waals surface area contributed by atoms with E-state index >= 15 is 0 Å². The van der Waals surface area contributed by atoms with Gasteiger partial charge in [-0.05, 0) is 30.0 Å². The highest BCUT2D eigenvalue weighted by molar-refractivity contribution is 6.36. The van der Waals surface area contributed by atoms with Crippen LogP contribution in [0.15, 0.2) is 12.1 Å². The first-order chi connectivity index (χ1) is 6.73. The van der Waals surface area contributed by atoms with Crippen molar-refractivity contribution in [2.45, 2.75) is 33.1 Å². The average Bonchev–Trinajstić information content (AvgIpc) is 1.99. The SMILES string of the molecule is CC(=O)c1cc(Cl)cc(Cl)c1C(C)(C)C. The van der Waals surface area contributed by atoms with Crippen molar-refractivity contribution in [3.8, 4) is 0 Å². The summed E-state index contributed by atoms with van der Waals surface area (Å²) in [6, 6.07) is 3.35. The Morgan fingerprint density at radius 3 is 2.13 bits per heavy atom. The molecule has 0 atom stereocenters. The van der Waals surface area contributed by atoms with Crippen LogP contribution in [0, 0.1) is 0 Å². The third-order valence-corrected chi connectivity index (χ3v) is 2.70. The molecule has 1 aromatic rings. The first-order valence-corrected chi connectivity index (χ1v) is 5.49. The molecule has 0 aliphatic carbocycles. The Morgan fingerprint density at radius 1 is 1.20 bits per heavy atom. The van der Waals surface area contributed by atoms with E-state index < -0.39 is 0 Å². The van der Waals surface area contributed by atoms with Crippen LogP contribution < -0.4 is 0 Å². The van der Waals surface area contributed by atoms with Crippen LogP contribution in [0.4, 0.5) is 0 Å². The number of hydrogen-bond donors (Lipinski definition) is 0. The molecular weight excluding hydrogens is 231 g/mol. The van der Waals surface area contributed by atoms with Gasteiger partial charge in [0.25, 0.3) is 0 Å². The standard InChI is InChI=1S/C12H14Cl2O/c1-7(15)9-5-8(13)6-10(14)11(9)12(2,3)4/h5-6H,1-4H3. The number of benzene rings is 1. The summed E-state index contributed by atoms with van der Waals surface area (Å²) in [5.41, 5.74) is 1.31. The van der Waals surface area contributed by atoms with Gasteiger partial charge in [-0.25, -0.2) is 0 Å². The molecule has 0 N–H and O–H groups in total. The monoisotopic (exact) mass is 244 g/mol. The number of Topliss-reactive ketones (excluding diaryl/α,β-unsaturated/α-hetero) is 1. The first-order valence-electron chi connectivity index (χ1n) is 4.74. The summed E-state index contributed by atoms with van der Waals surface area (Å²) in [6.07, 6.45) is 0. The van der Waals surface area contributed by atoms with E-state index in [1.54, 1.807) is 12.1 Å². The summed E-state index contributed by atoms with van der Waals surface area (Å²) in [6.45, 7) is 7.59. The van der Waals surface area contributed by atoms with Gasteiger partial charge in [0.1, 0.15) is 0 Å². The molecule has 0 aliphatic rings. The van der Waals surface area contributed by atoms with Gasteiger partial charge in [0.15, 0.2) is 5.78 Å². The van der Waals surface area contributed by atoms with E-state index in [1.807, 2.05) is 20.8 Å². The Morgan fingerprint density at radius 2 is 1.73 bits per heavy atom. The molecule has 0 aromatic heterocycles. The second kappa shape index (κ2) is 4.15. The van der Waals surface area contributed by atoms with Gasteiger partial charge >= 0.3 is 0 Å². The minimum absolute atomic E-state index is 0.00988. The van der Waals surface area contributed by atoms with Crippen molar-refractivity contribution >= 4 is 29.0 Å². The molecular formula is C12H14Cl2O. The van der Waals surface area contributed by atoms with Crippen LogP contribution in [0.1, 0.15) is 43.6 Å². The zero-order valence-corrected chi connectivity index (χ0v) is 10.8. The van der Waals surface area contributed by atoms with Gasteiger partial charge in [0.2, 0.25) is 0 Å². The summed E-state index contributed by atoms with van der Waals surface area (Å²) >= 11 is 12.0. The lowest BCUT2D eigenvalue weighted by Gasteiger charge is -2.23. The van der Waals surface area contributed by atoms with Crippen LogP contribution in [-0.2, 0) is 5.41 Å². The molecule has 0 amide bonds. The van der Waals surface area contributed by atoms with Crippen LogP contribution in [-0.4, -0.2) is 5.78 Å². The maximum absolute atomic E-state index is 11.5. The fourth-order valence-corrected chi connectivity index (χ4v) is 2.39. The fraction of sp³-hybridized carbons (Fsp3) is 0.417.